The molecule has 230 valence electrons. The summed E-state index contributed by atoms with van der Waals surface area (Å²) in [6.45, 7) is 2.69. The van der Waals surface area contributed by atoms with Gasteiger partial charge >= 0.3 is 0 Å². The molecule has 6 nitrogen and oxygen atoms in total. The minimum absolute atomic E-state index is 0.0759. The van der Waals surface area contributed by atoms with Crippen molar-refractivity contribution in [3.63, 3.8) is 0 Å². The van der Waals surface area contributed by atoms with E-state index in [-0.39, 0.29) is 11.3 Å². The SMILES string of the molecule is CCCCCCCCCCCCCCCCN1C(=O)C(=O)/C(=C(/O)c2cccc(Br)c2)C1c1ccc(OC)cc1OC. The number of rotatable bonds is 19. The lowest BCUT2D eigenvalue weighted by molar-refractivity contribution is -0.139. The van der Waals surface area contributed by atoms with E-state index >= 15 is 0 Å². The molecule has 1 unspecified atom stereocenters. The predicted octanol–water partition coefficient (Wildman–Crippen LogP) is 9.37. The number of halogens is 1. The Morgan fingerprint density at radius 2 is 1.40 bits per heavy atom. The highest BCUT2D eigenvalue weighted by Gasteiger charge is 2.46. The Morgan fingerprint density at radius 1 is 0.810 bits per heavy atom. The molecular formula is C35H48BrNO5. The maximum Gasteiger partial charge on any atom is 0.295 e. The van der Waals surface area contributed by atoms with Gasteiger partial charge in [0.2, 0.25) is 0 Å². The first kappa shape index (κ1) is 33.7. The Balaban J connectivity index is 1.63. The first-order valence-corrected chi connectivity index (χ1v) is 16.5. The van der Waals surface area contributed by atoms with Crippen LogP contribution in [0.2, 0.25) is 0 Å². The van der Waals surface area contributed by atoms with Crippen LogP contribution in [0.3, 0.4) is 0 Å². The summed E-state index contributed by atoms with van der Waals surface area (Å²) >= 11 is 3.43. The third-order valence-corrected chi connectivity index (χ3v) is 8.62. The number of carbonyl (C=O) groups is 2. The molecule has 0 spiro atoms. The van der Waals surface area contributed by atoms with Gasteiger partial charge in [0.05, 0.1) is 25.8 Å². The van der Waals surface area contributed by atoms with Crippen molar-refractivity contribution in [3.05, 3.63) is 63.6 Å². The second kappa shape index (κ2) is 18.0. The van der Waals surface area contributed by atoms with E-state index in [0.29, 0.717) is 29.2 Å². The van der Waals surface area contributed by atoms with E-state index < -0.39 is 17.7 Å². The molecule has 1 amide bonds. The molecule has 3 rings (SSSR count). The Labute approximate surface area is 260 Å². The number of Topliss-reactive ketones (excluding diaryl/α,β-unsaturated/α-hetero) is 1. The minimum Gasteiger partial charge on any atom is -0.507 e. The van der Waals surface area contributed by atoms with Crippen molar-refractivity contribution in [2.75, 3.05) is 20.8 Å². The quantitative estimate of drug-likeness (QED) is 0.0715. The summed E-state index contributed by atoms with van der Waals surface area (Å²) in [5.74, 6) is -0.371. The second-order valence-electron chi connectivity index (χ2n) is 11.2. The molecule has 1 saturated heterocycles. The van der Waals surface area contributed by atoms with Crippen molar-refractivity contribution in [3.8, 4) is 11.5 Å². The van der Waals surface area contributed by atoms with E-state index in [1.54, 1.807) is 55.5 Å². The van der Waals surface area contributed by atoms with E-state index in [2.05, 4.69) is 22.9 Å². The van der Waals surface area contributed by atoms with Gasteiger partial charge in [0.25, 0.3) is 11.7 Å². The van der Waals surface area contributed by atoms with E-state index in [1.165, 1.54) is 70.6 Å². The number of methoxy groups -OCH3 is 2. The number of benzene rings is 2. The number of amides is 1. The maximum absolute atomic E-state index is 13.4. The molecule has 1 aliphatic rings. The average Bonchev–Trinajstić information content (AvgIpc) is 3.25. The normalized spacial score (nSPS) is 16.3. The molecule has 0 aromatic heterocycles. The lowest BCUT2D eigenvalue weighted by Gasteiger charge is -2.27. The zero-order chi connectivity index (χ0) is 30.3. The molecule has 1 aliphatic heterocycles. The number of aliphatic hydroxyl groups is 1. The molecule has 1 N–H and O–H groups in total. The third kappa shape index (κ3) is 9.35. The van der Waals surface area contributed by atoms with Gasteiger partial charge in [-0.1, -0.05) is 118 Å². The average molecular weight is 643 g/mol. The van der Waals surface area contributed by atoms with Crippen LogP contribution in [0.4, 0.5) is 0 Å². The number of ether oxygens (including phenoxy) is 2. The Bertz CT molecular complexity index is 1190. The molecule has 1 atom stereocenters. The number of unbranched alkanes of at least 4 members (excludes halogenated alkanes) is 13. The lowest BCUT2D eigenvalue weighted by Crippen LogP contribution is -2.31. The molecule has 0 aliphatic carbocycles. The highest BCUT2D eigenvalue weighted by Crippen LogP contribution is 2.44. The topological polar surface area (TPSA) is 76.1 Å². The van der Waals surface area contributed by atoms with Crippen molar-refractivity contribution in [1.29, 1.82) is 0 Å². The fourth-order valence-electron chi connectivity index (χ4n) is 5.75. The summed E-state index contributed by atoms with van der Waals surface area (Å²) in [4.78, 5) is 28.3. The van der Waals surface area contributed by atoms with Gasteiger partial charge in [0, 0.05) is 28.2 Å². The van der Waals surface area contributed by atoms with Gasteiger partial charge in [0.15, 0.2) is 0 Å². The maximum atomic E-state index is 13.4. The Morgan fingerprint density at radius 3 is 1.95 bits per heavy atom. The molecule has 7 heteroatoms. The molecule has 1 heterocycles. The highest BCUT2D eigenvalue weighted by atomic mass is 79.9. The van der Waals surface area contributed by atoms with Crippen LogP contribution in [0.1, 0.15) is 114 Å². The Hall–Kier alpha value is -2.80. The summed E-state index contributed by atoms with van der Waals surface area (Å²) in [5.41, 5.74) is 1.18. The first-order valence-electron chi connectivity index (χ1n) is 15.7. The van der Waals surface area contributed by atoms with E-state index in [1.807, 2.05) is 6.07 Å². The number of aliphatic hydroxyl groups excluding tert-OH is 1. The number of likely N-dealkylation sites (tertiary alicyclic amines) is 1. The summed E-state index contributed by atoms with van der Waals surface area (Å²) in [6, 6.07) is 11.7. The zero-order valence-corrected chi connectivity index (χ0v) is 27.2. The van der Waals surface area contributed by atoms with E-state index in [0.717, 1.165) is 23.7 Å². The molecule has 2 aromatic rings. The fourth-order valence-corrected chi connectivity index (χ4v) is 6.15. The summed E-state index contributed by atoms with van der Waals surface area (Å²) < 4.78 is 11.8. The van der Waals surface area contributed by atoms with Crippen LogP contribution in [0.15, 0.2) is 52.5 Å². The van der Waals surface area contributed by atoms with Crippen molar-refractivity contribution < 1.29 is 24.2 Å². The Kier molecular flexibility index (Phi) is 14.4. The summed E-state index contributed by atoms with van der Waals surface area (Å²) in [5, 5.41) is 11.3. The van der Waals surface area contributed by atoms with E-state index in [9.17, 15) is 14.7 Å². The predicted molar refractivity (Wildman–Crippen MR) is 173 cm³/mol. The standard InChI is InChI=1S/C35H48BrNO5/c1-4-5-6-7-8-9-10-11-12-13-14-15-16-17-23-37-32(29-22-21-28(41-2)25-30(29)42-3)31(34(39)35(37)40)33(38)26-19-18-20-27(36)24-26/h18-22,24-25,32,38H,4-17,23H2,1-3H3/b33-31+. The van der Waals surface area contributed by atoms with Crippen molar-refractivity contribution in [1.82, 2.24) is 4.90 Å². The molecule has 0 saturated carbocycles. The van der Waals surface area contributed by atoms with Gasteiger partial charge in [-0.25, -0.2) is 0 Å². The van der Waals surface area contributed by atoms with Gasteiger partial charge in [-0.05, 0) is 30.7 Å². The number of hydrogen-bond donors (Lipinski definition) is 1. The first-order chi connectivity index (χ1) is 20.4. The summed E-state index contributed by atoms with van der Waals surface area (Å²) in [6.07, 6.45) is 17.4. The van der Waals surface area contributed by atoms with E-state index in [4.69, 9.17) is 9.47 Å². The van der Waals surface area contributed by atoms with Crippen LogP contribution in [-0.2, 0) is 9.59 Å². The fraction of sp³-hybridized carbons (Fsp3) is 0.543. The third-order valence-electron chi connectivity index (χ3n) is 8.13. The molecule has 0 bridgehead atoms. The van der Waals surface area contributed by atoms with Crippen LogP contribution in [0, 0.1) is 0 Å². The monoisotopic (exact) mass is 641 g/mol. The number of carbonyl (C=O) groups excluding carboxylic acids is 2. The summed E-state index contributed by atoms with van der Waals surface area (Å²) in [7, 11) is 3.12. The zero-order valence-electron chi connectivity index (χ0n) is 25.6. The van der Waals surface area contributed by atoms with Gasteiger partial charge in [-0.2, -0.15) is 0 Å². The number of hydrogen-bond acceptors (Lipinski definition) is 5. The van der Waals surface area contributed by atoms with Gasteiger partial charge in [-0.3, -0.25) is 9.59 Å². The van der Waals surface area contributed by atoms with Crippen molar-refractivity contribution >= 4 is 33.4 Å². The van der Waals surface area contributed by atoms with Crippen LogP contribution in [0.25, 0.3) is 5.76 Å². The van der Waals surface area contributed by atoms with Crippen LogP contribution in [-0.4, -0.2) is 42.5 Å². The molecule has 2 aromatic carbocycles. The van der Waals surface area contributed by atoms with Crippen molar-refractivity contribution in [2.45, 2.75) is 103 Å². The van der Waals surface area contributed by atoms with Gasteiger partial charge < -0.3 is 19.5 Å². The molecule has 0 radical (unpaired) electrons. The van der Waals surface area contributed by atoms with Crippen LogP contribution in [0.5, 0.6) is 11.5 Å². The smallest absolute Gasteiger partial charge is 0.295 e. The molecule has 42 heavy (non-hydrogen) atoms. The molecular weight excluding hydrogens is 594 g/mol. The van der Waals surface area contributed by atoms with Gasteiger partial charge in [-0.15, -0.1) is 0 Å². The van der Waals surface area contributed by atoms with Crippen molar-refractivity contribution in [2.24, 2.45) is 0 Å². The number of nitrogens with zero attached hydrogens (tertiary/aromatic N) is 1. The highest BCUT2D eigenvalue weighted by molar-refractivity contribution is 9.10. The molecule has 1 fully saturated rings. The number of ketones is 1. The van der Waals surface area contributed by atoms with Gasteiger partial charge in [0.1, 0.15) is 17.3 Å². The van der Waals surface area contributed by atoms with Crippen LogP contribution < -0.4 is 9.47 Å². The largest absolute Gasteiger partial charge is 0.507 e. The second-order valence-corrected chi connectivity index (χ2v) is 12.1. The lowest BCUT2D eigenvalue weighted by atomic mass is 9.94. The van der Waals surface area contributed by atoms with Crippen LogP contribution >= 0.6 is 15.9 Å². The minimum atomic E-state index is -0.758.